The van der Waals surface area contributed by atoms with Crippen molar-refractivity contribution in [2.24, 2.45) is 0 Å². The van der Waals surface area contributed by atoms with Crippen LogP contribution in [0.25, 0.3) is 10.4 Å². The lowest BCUT2D eigenvalue weighted by atomic mass is 10.2. The van der Waals surface area contributed by atoms with Crippen molar-refractivity contribution in [3.05, 3.63) is 60.8 Å². The Morgan fingerprint density at radius 2 is 1.67 bits per heavy atom. The van der Waals surface area contributed by atoms with Gasteiger partial charge in [-0.3, -0.25) is 0 Å². The van der Waals surface area contributed by atoms with Gasteiger partial charge in [0.2, 0.25) is 0 Å². The fourth-order valence-electron chi connectivity index (χ4n) is 2.77. The minimum Gasteiger partial charge on any atom is -0.370 e. The van der Waals surface area contributed by atoms with Crippen molar-refractivity contribution >= 4 is 39.6 Å². The van der Waals surface area contributed by atoms with E-state index in [9.17, 15) is 0 Å². The molecule has 24 heavy (non-hydrogen) atoms. The van der Waals surface area contributed by atoms with E-state index in [0.717, 1.165) is 23.9 Å². The Bertz CT molecular complexity index is 778. The molecule has 1 N–H and O–H groups in total. The van der Waals surface area contributed by atoms with Crippen molar-refractivity contribution in [3.8, 4) is 10.4 Å². The lowest BCUT2D eigenvalue weighted by molar-refractivity contribution is 0.859. The van der Waals surface area contributed by atoms with Crippen LogP contribution in [-0.4, -0.2) is 29.6 Å². The first-order valence-corrected chi connectivity index (χ1v) is 10.1. The average molecular weight is 354 g/mol. The van der Waals surface area contributed by atoms with Gasteiger partial charge in [-0.1, -0.05) is 41.7 Å². The highest BCUT2D eigenvalue weighted by molar-refractivity contribution is 7.99. The third-order valence-electron chi connectivity index (χ3n) is 4.06. The van der Waals surface area contributed by atoms with Crippen LogP contribution in [0.5, 0.6) is 0 Å². The first-order chi connectivity index (χ1) is 11.9. The summed E-state index contributed by atoms with van der Waals surface area (Å²) in [5.74, 6) is 2.45. The predicted octanol–water partition coefficient (Wildman–Crippen LogP) is 5.11. The quantitative estimate of drug-likeness (QED) is 0.706. The van der Waals surface area contributed by atoms with Crippen LogP contribution in [0.3, 0.4) is 0 Å². The SMILES string of the molecule is c1ccc(Nc2ncc(-c3ccc(N4CCSCC4)cc3)s2)cc1. The Hall–Kier alpha value is -1.98. The molecule has 0 aliphatic carbocycles. The van der Waals surface area contributed by atoms with E-state index >= 15 is 0 Å². The van der Waals surface area contributed by atoms with Crippen LogP contribution in [0.2, 0.25) is 0 Å². The third-order valence-corrected chi connectivity index (χ3v) is 5.96. The van der Waals surface area contributed by atoms with Crippen molar-refractivity contribution in [1.82, 2.24) is 4.98 Å². The number of para-hydroxylation sites is 1. The molecule has 1 fully saturated rings. The molecule has 2 heterocycles. The molecule has 0 spiro atoms. The molecular formula is C19H19N3S2. The Morgan fingerprint density at radius 3 is 2.42 bits per heavy atom. The standard InChI is InChI=1S/C19H19N3S2/c1-2-4-16(5-3-1)21-19-20-14-18(24-19)15-6-8-17(9-7-15)22-10-12-23-13-11-22/h1-9,14H,10-13H2,(H,20,21). The van der Waals surface area contributed by atoms with Crippen LogP contribution in [0.4, 0.5) is 16.5 Å². The van der Waals surface area contributed by atoms with Crippen molar-refractivity contribution in [2.75, 3.05) is 34.8 Å². The molecule has 1 aromatic heterocycles. The highest BCUT2D eigenvalue weighted by atomic mass is 32.2. The molecule has 5 heteroatoms. The maximum Gasteiger partial charge on any atom is 0.187 e. The number of anilines is 3. The van der Waals surface area contributed by atoms with Crippen molar-refractivity contribution in [3.63, 3.8) is 0 Å². The number of nitrogens with zero attached hydrogens (tertiary/aromatic N) is 2. The van der Waals surface area contributed by atoms with E-state index in [1.807, 2.05) is 48.3 Å². The highest BCUT2D eigenvalue weighted by Crippen LogP contribution is 2.32. The molecule has 1 aliphatic heterocycles. The fraction of sp³-hybridized carbons (Fsp3) is 0.211. The van der Waals surface area contributed by atoms with Gasteiger partial charge in [-0.05, 0) is 29.8 Å². The average Bonchev–Trinajstić information content (AvgIpc) is 3.12. The van der Waals surface area contributed by atoms with Crippen molar-refractivity contribution < 1.29 is 0 Å². The number of hydrogen-bond donors (Lipinski definition) is 1. The normalized spacial score (nSPS) is 14.6. The van der Waals surface area contributed by atoms with E-state index in [4.69, 9.17) is 0 Å². The molecule has 3 aromatic rings. The molecule has 1 aliphatic rings. The largest absolute Gasteiger partial charge is 0.370 e. The second kappa shape index (κ2) is 7.28. The molecule has 3 nitrogen and oxygen atoms in total. The van der Waals surface area contributed by atoms with Gasteiger partial charge in [0.1, 0.15) is 0 Å². The molecule has 4 rings (SSSR count). The van der Waals surface area contributed by atoms with Gasteiger partial charge in [0.05, 0.1) is 4.88 Å². The Morgan fingerprint density at radius 1 is 0.917 bits per heavy atom. The summed E-state index contributed by atoms with van der Waals surface area (Å²) < 4.78 is 0. The van der Waals surface area contributed by atoms with Gasteiger partial charge in [0.15, 0.2) is 5.13 Å². The Kier molecular flexibility index (Phi) is 4.71. The molecule has 0 radical (unpaired) electrons. The van der Waals surface area contributed by atoms with Gasteiger partial charge >= 0.3 is 0 Å². The summed E-state index contributed by atoms with van der Waals surface area (Å²) in [5, 5.41) is 4.28. The number of thiazole rings is 1. The van der Waals surface area contributed by atoms with Crippen LogP contribution in [0.15, 0.2) is 60.8 Å². The van der Waals surface area contributed by atoms with Crippen LogP contribution < -0.4 is 10.2 Å². The number of thioether (sulfide) groups is 1. The van der Waals surface area contributed by atoms with Crippen molar-refractivity contribution in [2.45, 2.75) is 0 Å². The summed E-state index contributed by atoms with van der Waals surface area (Å²) in [6, 6.07) is 19.0. The topological polar surface area (TPSA) is 28.2 Å². The maximum atomic E-state index is 4.49. The van der Waals surface area contributed by atoms with E-state index in [0.29, 0.717) is 0 Å². The molecule has 0 bridgehead atoms. The van der Waals surface area contributed by atoms with Crippen molar-refractivity contribution in [1.29, 1.82) is 0 Å². The summed E-state index contributed by atoms with van der Waals surface area (Å²) in [6.07, 6.45) is 1.95. The second-order valence-electron chi connectivity index (χ2n) is 5.67. The van der Waals surface area contributed by atoms with E-state index in [1.54, 1.807) is 11.3 Å². The Labute approximate surface area is 150 Å². The van der Waals surface area contributed by atoms with Gasteiger partial charge in [-0.25, -0.2) is 4.98 Å². The zero-order valence-electron chi connectivity index (χ0n) is 13.3. The number of nitrogens with one attached hydrogen (secondary N) is 1. The van der Waals surface area contributed by atoms with Crippen LogP contribution in [-0.2, 0) is 0 Å². The summed E-state index contributed by atoms with van der Waals surface area (Å²) in [4.78, 5) is 8.15. The minimum absolute atomic E-state index is 0.924. The van der Waals surface area contributed by atoms with Gasteiger partial charge in [-0.2, -0.15) is 11.8 Å². The second-order valence-corrected chi connectivity index (χ2v) is 7.92. The monoisotopic (exact) mass is 353 g/mol. The number of benzene rings is 2. The molecule has 0 amide bonds. The highest BCUT2D eigenvalue weighted by Gasteiger charge is 2.11. The summed E-state index contributed by atoms with van der Waals surface area (Å²) in [7, 11) is 0. The van der Waals surface area contributed by atoms with E-state index in [2.05, 4.69) is 39.5 Å². The van der Waals surface area contributed by atoms with Gasteiger partial charge in [-0.15, -0.1) is 0 Å². The maximum absolute atomic E-state index is 4.49. The predicted molar refractivity (Wildman–Crippen MR) is 107 cm³/mol. The molecule has 0 atom stereocenters. The van der Waals surface area contributed by atoms with Gasteiger partial charge < -0.3 is 10.2 Å². The first-order valence-electron chi connectivity index (χ1n) is 8.09. The van der Waals surface area contributed by atoms with Gasteiger partial charge in [0, 0.05) is 42.2 Å². The molecule has 0 unspecified atom stereocenters. The fourth-order valence-corrected chi connectivity index (χ4v) is 4.51. The van der Waals surface area contributed by atoms with Crippen LogP contribution in [0.1, 0.15) is 0 Å². The van der Waals surface area contributed by atoms with Gasteiger partial charge in [0.25, 0.3) is 0 Å². The zero-order valence-corrected chi connectivity index (χ0v) is 14.9. The van der Waals surface area contributed by atoms with Crippen LogP contribution in [0, 0.1) is 0 Å². The summed E-state index contributed by atoms with van der Waals surface area (Å²) in [5.41, 5.74) is 3.62. The molecule has 0 saturated carbocycles. The van der Waals surface area contributed by atoms with E-state index < -0.39 is 0 Å². The lowest BCUT2D eigenvalue weighted by Gasteiger charge is -2.28. The first kappa shape index (κ1) is 15.5. The smallest absolute Gasteiger partial charge is 0.187 e. The minimum atomic E-state index is 0.924. The third kappa shape index (κ3) is 3.57. The summed E-state index contributed by atoms with van der Waals surface area (Å²) in [6.45, 7) is 2.30. The Balaban J connectivity index is 1.48. The molecular weight excluding hydrogens is 334 g/mol. The molecule has 122 valence electrons. The van der Waals surface area contributed by atoms with Crippen LogP contribution >= 0.6 is 23.1 Å². The molecule has 2 aromatic carbocycles. The summed E-state index contributed by atoms with van der Waals surface area (Å²) >= 11 is 3.72. The van der Waals surface area contributed by atoms with E-state index in [-0.39, 0.29) is 0 Å². The number of hydrogen-bond acceptors (Lipinski definition) is 5. The number of rotatable bonds is 4. The lowest BCUT2D eigenvalue weighted by Crippen LogP contribution is -2.32. The zero-order chi connectivity index (χ0) is 16.2. The number of aromatic nitrogens is 1. The molecule has 1 saturated heterocycles. The van der Waals surface area contributed by atoms with E-state index in [1.165, 1.54) is 27.6 Å².